The molecule has 2 aliphatic rings. The number of carbonyl (C=O) groups is 1. The summed E-state index contributed by atoms with van der Waals surface area (Å²) in [6.07, 6.45) is 5.39. The van der Waals surface area contributed by atoms with E-state index in [1.54, 1.807) is 4.90 Å². The van der Waals surface area contributed by atoms with Crippen LogP contribution in [0.2, 0.25) is 10.0 Å². The Labute approximate surface area is 155 Å². The van der Waals surface area contributed by atoms with Gasteiger partial charge in [0, 0.05) is 12.1 Å². The molecule has 1 atom stereocenters. The van der Waals surface area contributed by atoms with Crippen LogP contribution in [-0.2, 0) is 21.2 Å². The first kappa shape index (κ1) is 18.7. The standard InChI is InChI=1S/C15H19Cl2N3O4S/c16-12-7-18-19(15(22)14(12)17)8-13(21)20(10-3-1-2-4-10)11-5-6-25(23,24)9-11/h7,10-11H,1-6,8-9H2/t11-/m0/s1. The van der Waals surface area contributed by atoms with E-state index in [4.69, 9.17) is 23.2 Å². The van der Waals surface area contributed by atoms with Crippen LogP contribution in [0.25, 0.3) is 0 Å². The Kier molecular flexibility index (Phi) is 5.41. The predicted octanol–water partition coefficient (Wildman–Crippen LogP) is 1.51. The molecular formula is C15H19Cl2N3O4S. The Bertz CT molecular complexity index is 834. The van der Waals surface area contributed by atoms with E-state index in [2.05, 4.69) is 5.10 Å². The molecule has 0 aromatic carbocycles. The minimum absolute atomic E-state index is 0.0149. The van der Waals surface area contributed by atoms with E-state index < -0.39 is 15.4 Å². The molecule has 2 fully saturated rings. The van der Waals surface area contributed by atoms with Crippen LogP contribution in [0.15, 0.2) is 11.0 Å². The Morgan fingerprint density at radius 1 is 1.24 bits per heavy atom. The first-order chi connectivity index (χ1) is 11.8. The highest BCUT2D eigenvalue weighted by Crippen LogP contribution is 2.29. The maximum absolute atomic E-state index is 12.9. The summed E-state index contributed by atoms with van der Waals surface area (Å²) < 4.78 is 24.7. The van der Waals surface area contributed by atoms with Gasteiger partial charge in [-0.25, -0.2) is 13.1 Å². The van der Waals surface area contributed by atoms with Gasteiger partial charge in [0.25, 0.3) is 5.56 Å². The molecule has 0 radical (unpaired) electrons. The lowest BCUT2D eigenvalue weighted by Crippen LogP contribution is -2.49. The number of hydrogen-bond donors (Lipinski definition) is 0. The summed E-state index contributed by atoms with van der Waals surface area (Å²) in [6.45, 7) is -0.275. The fourth-order valence-electron chi connectivity index (χ4n) is 3.65. The maximum Gasteiger partial charge on any atom is 0.287 e. The molecule has 1 amide bonds. The molecule has 10 heteroatoms. The third-order valence-electron chi connectivity index (χ3n) is 4.84. The number of aromatic nitrogens is 2. The molecule has 1 aromatic heterocycles. The Balaban J connectivity index is 1.85. The summed E-state index contributed by atoms with van der Waals surface area (Å²) in [7, 11) is -3.11. The van der Waals surface area contributed by atoms with Crippen LogP contribution in [-0.4, -0.2) is 52.6 Å². The fraction of sp³-hybridized carbons (Fsp3) is 0.667. The molecule has 0 unspecified atom stereocenters. The second kappa shape index (κ2) is 7.25. The molecule has 1 saturated carbocycles. The molecule has 1 aromatic rings. The van der Waals surface area contributed by atoms with Crippen molar-refractivity contribution in [2.24, 2.45) is 0 Å². The zero-order chi connectivity index (χ0) is 18.2. The molecule has 138 valence electrons. The molecular weight excluding hydrogens is 389 g/mol. The largest absolute Gasteiger partial charge is 0.334 e. The quantitative estimate of drug-likeness (QED) is 0.754. The van der Waals surface area contributed by atoms with Crippen molar-refractivity contribution in [3.05, 3.63) is 26.6 Å². The van der Waals surface area contributed by atoms with Crippen LogP contribution < -0.4 is 5.56 Å². The monoisotopic (exact) mass is 407 g/mol. The van der Waals surface area contributed by atoms with Crippen LogP contribution >= 0.6 is 23.2 Å². The topological polar surface area (TPSA) is 89.3 Å². The van der Waals surface area contributed by atoms with Gasteiger partial charge in [0.05, 0.1) is 22.7 Å². The summed E-state index contributed by atoms with van der Waals surface area (Å²) in [5.74, 6) is -0.222. The molecule has 7 nitrogen and oxygen atoms in total. The van der Waals surface area contributed by atoms with Gasteiger partial charge >= 0.3 is 0 Å². The van der Waals surface area contributed by atoms with Crippen molar-refractivity contribution >= 4 is 38.9 Å². The third-order valence-corrected chi connectivity index (χ3v) is 7.33. The molecule has 25 heavy (non-hydrogen) atoms. The Hall–Kier alpha value is -1.12. The van der Waals surface area contributed by atoms with Gasteiger partial charge in [-0.1, -0.05) is 36.0 Å². The fourth-order valence-corrected chi connectivity index (χ4v) is 5.63. The lowest BCUT2D eigenvalue weighted by atomic mass is 10.1. The smallest absolute Gasteiger partial charge is 0.287 e. The minimum Gasteiger partial charge on any atom is -0.334 e. The minimum atomic E-state index is -3.11. The van der Waals surface area contributed by atoms with Crippen molar-refractivity contribution in [1.82, 2.24) is 14.7 Å². The lowest BCUT2D eigenvalue weighted by molar-refractivity contribution is -0.136. The van der Waals surface area contributed by atoms with E-state index in [1.165, 1.54) is 6.20 Å². The lowest BCUT2D eigenvalue weighted by Gasteiger charge is -2.34. The zero-order valence-electron chi connectivity index (χ0n) is 13.5. The van der Waals surface area contributed by atoms with Crippen LogP contribution in [0.1, 0.15) is 32.1 Å². The van der Waals surface area contributed by atoms with E-state index in [1.807, 2.05) is 0 Å². The number of halogens is 2. The van der Waals surface area contributed by atoms with Crippen molar-refractivity contribution in [2.75, 3.05) is 11.5 Å². The first-order valence-corrected chi connectivity index (χ1v) is 10.8. The van der Waals surface area contributed by atoms with E-state index in [9.17, 15) is 18.0 Å². The van der Waals surface area contributed by atoms with Gasteiger partial charge < -0.3 is 4.90 Å². The highest BCUT2D eigenvalue weighted by Gasteiger charge is 2.39. The van der Waals surface area contributed by atoms with Crippen LogP contribution in [0.5, 0.6) is 0 Å². The van der Waals surface area contributed by atoms with Crippen molar-refractivity contribution in [1.29, 1.82) is 0 Å². The normalized spacial score (nSPS) is 23.0. The van der Waals surface area contributed by atoms with Crippen LogP contribution in [0.4, 0.5) is 0 Å². The predicted molar refractivity (Wildman–Crippen MR) is 94.7 cm³/mol. The summed E-state index contributed by atoms with van der Waals surface area (Å²) in [5.41, 5.74) is -0.632. The van der Waals surface area contributed by atoms with E-state index in [-0.39, 0.29) is 46.1 Å². The summed E-state index contributed by atoms with van der Waals surface area (Å²) in [5, 5.41) is 3.72. The van der Waals surface area contributed by atoms with Gasteiger partial charge in [-0.15, -0.1) is 0 Å². The molecule has 0 spiro atoms. The number of sulfone groups is 1. The van der Waals surface area contributed by atoms with Gasteiger partial charge in [0.2, 0.25) is 5.91 Å². The summed E-state index contributed by atoms with van der Waals surface area (Å²) in [4.78, 5) is 26.7. The number of rotatable bonds is 4. The van der Waals surface area contributed by atoms with Gasteiger partial charge in [0.1, 0.15) is 11.6 Å². The highest BCUT2D eigenvalue weighted by atomic mass is 35.5. The number of amides is 1. The van der Waals surface area contributed by atoms with Crippen molar-refractivity contribution in [2.45, 2.75) is 50.7 Å². The number of nitrogens with zero attached hydrogens (tertiary/aromatic N) is 3. The average molecular weight is 408 g/mol. The number of carbonyl (C=O) groups excluding carboxylic acids is 1. The highest BCUT2D eigenvalue weighted by molar-refractivity contribution is 7.91. The maximum atomic E-state index is 12.9. The average Bonchev–Trinajstić information content (AvgIpc) is 3.18. The molecule has 1 aliphatic carbocycles. The number of hydrogen-bond acceptors (Lipinski definition) is 5. The van der Waals surface area contributed by atoms with Gasteiger partial charge in [0.15, 0.2) is 9.84 Å². The van der Waals surface area contributed by atoms with Crippen molar-refractivity contribution in [3.63, 3.8) is 0 Å². The van der Waals surface area contributed by atoms with Crippen LogP contribution in [0, 0.1) is 0 Å². The van der Waals surface area contributed by atoms with E-state index >= 15 is 0 Å². The van der Waals surface area contributed by atoms with Crippen molar-refractivity contribution < 1.29 is 13.2 Å². The first-order valence-electron chi connectivity index (χ1n) is 8.21. The molecule has 2 heterocycles. The van der Waals surface area contributed by atoms with Crippen molar-refractivity contribution in [3.8, 4) is 0 Å². The molecule has 0 N–H and O–H groups in total. The third kappa shape index (κ3) is 4.01. The Morgan fingerprint density at radius 2 is 1.92 bits per heavy atom. The van der Waals surface area contributed by atoms with E-state index in [0.29, 0.717) is 6.42 Å². The molecule has 1 aliphatic heterocycles. The zero-order valence-corrected chi connectivity index (χ0v) is 15.9. The molecule has 3 rings (SSSR count). The van der Waals surface area contributed by atoms with E-state index in [0.717, 1.165) is 30.4 Å². The van der Waals surface area contributed by atoms with Gasteiger partial charge in [-0.3, -0.25) is 9.59 Å². The summed E-state index contributed by atoms with van der Waals surface area (Å²) >= 11 is 11.6. The second-order valence-electron chi connectivity index (χ2n) is 6.57. The van der Waals surface area contributed by atoms with Gasteiger partial charge in [-0.2, -0.15) is 5.10 Å². The second-order valence-corrected chi connectivity index (χ2v) is 9.58. The molecule has 0 bridgehead atoms. The Morgan fingerprint density at radius 3 is 2.52 bits per heavy atom. The summed E-state index contributed by atoms with van der Waals surface area (Å²) in [6, 6.07) is -0.316. The van der Waals surface area contributed by atoms with Gasteiger partial charge in [-0.05, 0) is 19.3 Å². The van der Waals surface area contributed by atoms with Crippen LogP contribution in [0.3, 0.4) is 0 Å². The SMILES string of the molecule is O=C(Cn1ncc(Cl)c(Cl)c1=O)N(C1CCCC1)[C@H]1CCS(=O)(=O)C1. The molecule has 1 saturated heterocycles.